The van der Waals surface area contributed by atoms with E-state index in [2.05, 4.69) is 34.3 Å². The van der Waals surface area contributed by atoms with Gasteiger partial charge in [-0.3, -0.25) is 9.59 Å². The topological polar surface area (TPSA) is 120 Å². The van der Waals surface area contributed by atoms with Crippen LogP contribution in [-0.2, 0) is 11.3 Å². The van der Waals surface area contributed by atoms with Crippen molar-refractivity contribution in [2.45, 2.75) is 32.2 Å². The molecule has 0 aliphatic carbocycles. The molecule has 10 heteroatoms. The van der Waals surface area contributed by atoms with Crippen molar-refractivity contribution in [1.82, 2.24) is 20.2 Å². The van der Waals surface area contributed by atoms with Crippen molar-refractivity contribution >= 4 is 23.4 Å². The molecule has 9 nitrogen and oxygen atoms in total. The van der Waals surface area contributed by atoms with Crippen LogP contribution >= 0.6 is 11.6 Å². The van der Waals surface area contributed by atoms with Gasteiger partial charge in [-0.1, -0.05) is 30.2 Å². The van der Waals surface area contributed by atoms with E-state index in [0.717, 1.165) is 31.4 Å². The molecule has 0 radical (unpaired) electrons. The fourth-order valence-electron chi connectivity index (χ4n) is 3.10. The molecule has 0 unspecified atom stereocenters. The summed E-state index contributed by atoms with van der Waals surface area (Å²) in [4.78, 5) is 31.6. The van der Waals surface area contributed by atoms with E-state index in [9.17, 15) is 9.59 Å². The van der Waals surface area contributed by atoms with Crippen molar-refractivity contribution in [2.24, 2.45) is 5.73 Å². The lowest BCUT2D eigenvalue weighted by atomic mass is 10.1. The average Bonchev–Trinajstić information content (AvgIpc) is 2.90. The summed E-state index contributed by atoms with van der Waals surface area (Å²) in [6, 6.07) is 12.9. The Labute approximate surface area is 223 Å². The SMILES string of the molecule is COc1ccc(Oc2ccc(CNC(=O)CCCCCN(C)C)cc2)c(Cl)c1.NC(=O)c1cncnc1. The summed E-state index contributed by atoms with van der Waals surface area (Å²) in [5, 5.41) is 3.45. The Hall–Kier alpha value is -3.69. The summed E-state index contributed by atoms with van der Waals surface area (Å²) in [5.74, 6) is 1.52. The second-order valence-corrected chi connectivity index (χ2v) is 8.83. The number of carbonyl (C=O) groups excluding carboxylic acids is 2. The molecule has 198 valence electrons. The average molecular weight is 528 g/mol. The minimum absolute atomic E-state index is 0.0928. The molecule has 0 saturated heterocycles. The van der Waals surface area contributed by atoms with Crippen LogP contribution in [0.25, 0.3) is 0 Å². The molecule has 1 heterocycles. The first kappa shape index (κ1) is 29.5. The molecule has 0 bridgehead atoms. The predicted octanol–water partition coefficient (Wildman–Crippen LogP) is 4.45. The maximum atomic E-state index is 11.9. The summed E-state index contributed by atoms with van der Waals surface area (Å²) in [5.41, 5.74) is 6.25. The number of ether oxygens (including phenoxy) is 2. The van der Waals surface area contributed by atoms with Gasteiger partial charge in [0.25, 0.3) is 5.91 Å². The number of rotatable bonds is 12. The van der Waals surface area contributed by atoms with Crippen LogP contribution in [0.15, 0.2) is 61.2 Å². The lowest BCUT2D eigenvalue weighted by Gasteiger charge is -2.10. The smallest absolute Gasteiger partial charge is 0.251 e. The van der Waals surface area contributed by atoms with Crippen LogP contribution in [0, 0.1) is 0 Å². The van der Waals surface area contributed by atoms with Gasteiger partial charge in [-0.2, -0.15) is 0 Å². The zero-order valence-corrected chi connectivity index (χ0v) is 22.2. The molecule has 1 aromatic heterocycles. The first-order valence-corrected chi connectivity index (χ1v) is 12.2. The van der Waals surface area contributed by atoms with Crippen molar-refractivity contribution in [1.29, 1.82) is 0 Å². The van der Waals surface area contributed by atoms with E-state index in [4.69, 9.17) is 26.8 Å². The van der Waals surface area contributed by atoms with Crippen molar-refractivity contribution < 1.29 is 19.1 Å². The van der Waals surface area contributed by atoms with E-state index in [-0.39, 0.29) is 5.91 Å². The number of primary amides is 1. The van der Waals surface area contributed by atoms with Crippen molar-refractivity contribution in [2.75, 3.05) is 27.7 Å². The van der Waals surface area contributed by atoms with E-state index in [1.54, 1.807) is 25.3 Å². The highest BCUT2D eigenvalue weighted by Gasteiger charge is 2.06. The quantitative estimate of drug-likeness (QED) is 0.334. The number of carbonyl (C=O) groups is 2. The third kappa shape index (κ3) is 11.7. The maximum Gasteiger partial charge on any atom is 0.251 e. The van der Waals surface area contributed by atoms with Gasteiger partial charge in [0.15, 0.2) is 0 Å². The van der Waals surface area contributed by atoms with E-state index in [0.29, 0.717) is 40.8 Å². The second kappa shape index (κ2) is 16.1. The first-order valence-electron chi connectivity index (χ1n) is 11.8. The Kier molecular flexibility index (Phi) is 12.9. The highest BCUT2D eigenvalue weighted by atomic mass is 35.5. The molecule has 2 aromatic carbocycles. The Balaban J connectivity index is 0.000000449. The Morgan fingerprint density at radius 2 is 1.68 bits per heavy atom. The maximum absolute atomic E-state index is 11.9. The monoisotopic (exact) mass is 527 g/mol. The molecule has 37 heavy (non-hydrogen) atoms. The van der Waals surface area contributed by atoms with Crippen molar-refractivity contribution in [3.63, 3.8) is 0 Å². The van der Waals surface area contributed by atoms with Gasteiger partial charge in [0.05, 0.1) is 17.7 Å². The van der Waals surface area contributed by atoms with Gasteiger partial charge in [0.1, 0.15) is 23.6 Å². The van der Waals surface area contributed by atoms with Gasteiger partial charge in [0, 0.05) is 31.4 Å². The molecule has 0 fully saturated rings. The second-order valence-electron chi connectivity index (χ2n) is 8.42. The highest BCUT2D eigenvalue weighted by Crippen LogP contribution is 2.32. The normalized spacial score (nSPS) is 10.3. The summed E-state index contributed by atoms with van der Waals surface area (Å²) in [6.07, 6.45) is 7.78. The van der Waals surface area contributed by atoms with Crippen LogP contribution in [0.4, 0.5) is 0 Å². The number of hydrogen-bond acceptors (Lipinski definition) is 7. The van der Waals surface area contributed by atoms with E-state index in [1.165, 1.54) is 18.7 Å². The molecule has 0 spiro atoms. The standard InChI is InChI=1S/C22H29ClN2O3.C5H5N3O/c1-25(2)14-6-4-5-7-22(26)24-16-17-8-10-18(11-9-17)28-21-13-12-19(27-3)15-20(21)23;6-5(9)4-1-7-3-8-2-4/h8-13,15H,4-7,14,16H2,1-3H3,(H,24,26);1-3H,(H2,6,9). The summed E-state index contributed by atoms with van der Waals surface area (Å²) < 4.78 is 10.9. The third-order valence-corrected chi connectivity index (χ3v) is 5.43. The van der Waals surface area contributed by atoms with Crippen LogP contribution < -0.4 is 20.5 Å². The number of benzene rings is 2. The van der Waals surface area contributed by atoms with E-state index < -0.39 is 5.91 Å². The molecule has 3 N–H and O–H groups in total. The minimum atomic E-state index is -0.504. The van der Waals surface area contributed by atoms with E-state index >= 15 is 0 Å². The molecule has 2 amide bonds. The molecular formula is C27H34ClN5O4. The van der Waals surface area contributed by atoms with Crippen LogP contribution in [-0.4, -0.2) is 54.4 Å². The van der Waals surface area contributed by atoms with Crippen LogP contribution in [0.1, 0.15) is 41.6 Å². The lowest BCUT2D eigenvalue weighted by Crippen LogP contribution is -2.22. The number of nitrogens with two attached hydrogens (primary N) is 1. The van der Waals surface area contributed by atoms with Gasteiger partial charge in [0.2, 0.25) is 5.91 Å². The zero-order chi connectivity index (χ0) is 27.0. The number of hydrogen-bond donors (Lipinski definition) is 2. The van der Waals surface area contributed by atoms with Gasteiger partial charge in [-0.25, -0.2) is 9.97 Å². The molecule has 3 aromatic rings. The molecule has 3 rings (SSSR count). The van der Waals surface area contributed by atoms with Crippen LogP contribution in [0.3, 0.4) is 0 Å². The highest BCUT2D eigenvalue weighted by molar-refractivity contribution is 6.32. The predicted molar refractivity (Wildman–Crippen MR) is 144 cm³/mol. The minimum Gasteiger partial charge on any atom is -0.497 e. The number of aromatic nitrogens is 2. The van der Waals surface area contributed by atoms with Gasteiger partial charge in [-0.15, -0.1) is 0 Å². The Morgan fingerprint density at radius 3 is 2.24 bits per heavy atom. The fraction of sp³-hybridized carbons (Fsp3) is 0.333. The van der Waals surface area contributed by atoms with Crippen molar-refractivity contribution in [3.8, 4) is 17.2 Å². The van der Waals surface area contributed by atoms with Gasteiger partial charge >= 0.3 is 0 Å². The molecular weight excluding hydrogens is 494 g/mol. The molecule has 0 aliphatic heterocycles. The number of halogens is 1. The number of nitrogens with one attached hydrogen (secondary N) is 1. The van der Waals surface area contributed by atoms with Gasteiger partial charge in [-0.05, 0) is 63.3 Å². The molecule has 0 atom stereocenters. The van der Waals surface area contributed by atoms with Crippen molar-refractivity contribution in [3.05, 3.63) is 77.3 Å². The third-order valence-electron chi connectivity index (χ3n) is 5.13. The summed E-state index contributed by atoms with van der Waals surface area (Å²) in [7, 11) is 5.72. The number of methoxy groups -OCH3 is 1. The fourth-order valence-corrected chi connectivity index (χ4v) is 3.31. The summed E-state index contributed by atoms with van der Waals surface area (Å²) in [6.45, 7) is 1.58. The first-order chi connectivity index (χ1) is 17.8. The molecule has 0 aliphatic rings. The van der Waals surface area contributed by atoms with Crippen LogP contribution in [0.2, 0.25) is 5.02 Å². The lowest BCUT2D eigenvalue weighted by molar-refractivity contribution is -0.121. The number of amides is 2. The largest absolute Gasteiger partial charge is 0.497 e. The Bertz CT molecular complexity index is 1110. The molecule has 0 saturated carbocycles. The van der Waals surface area contributed by atoms with Crippen LogP contribution in [0.5, 0.6) is 17.2 Å². The van der Waals surface area contributed by atoms with E-state index in [1.807, 2.05) is 24.3 Å². The number of nitrogens with zero attached hydrogens (tertiary/aromatic N) is 3. The summed E-state index contributed by atoms with van der Waals surface area (Å²) >= 11 is 6.20. The van der Waals surface area contributed by atoms with Gasteiger partial charge < -0.3 is 25.4 Å². The zero-order valence-electron chi connectivity index (χ0n) is 21.4. The Morgan fingerprint density at radius 1 is 1.00 bits per heavy atom. The number of unbranched alkanes of at least 4 members (excludes halogenated alkanes) is 2.